The summed E-state index contributed by atoms with van der Waals surface area (Å²) in [6.07, 6.45) is 0. The third-order valence-electron chi connectivity index (χ3n) is 23.2. The molecule has 0 aliphatic heterocycles. The summed E-state index contributed by atoms with van der Waals surface area (Å²) in [5, 5.41) is 12.6. The fraction of sp³-hybridized carbons (Fsp3) is 0.0600. The van der Waals surface area contributed by atoms with Crippen LogP contribution in [0.1, 0.15) is 49.9 Å². The van der Waals surface area contributed by atoms with Crippen molar-refractivity contribution in [3.63, 3.8) is 0 Å². The van der Waals surface area contributed by atoms with Crippen LogP contribution in [-0.4, -0.2) is 18.3 Å². The molecule has 0 bridgehead atoms. The molecule has 104 heavy (non-hydrogen) atoms. The Morgan fingerprint density at radius 2 is 0.481 bits per heavy atom. The van der Waals surface area contributed by atoms with Crippen molar-refractivity contribution in [2.75, 3.05) is 0 Å². The maximum absolute atomic E-state index is 2.47. The molecule has 0 saturated heterocycles. The van der Waals surface area contributed by atoms with E-state index in [4.69, 9.17) is 0 Å². The molecular formula is C100H70N4. The predicted molar refractivity (Wildman–Crippen MR) is 439 cm³/mol. The SMILES string of the molecule is CC1(C)c2ccccc2-c2cc(-n3c4ccccc4c4ccc(-c5ccc6c7ccccc7n(-c7ccc8c(c7)-c7ccccc7C8(C)C)c6c5)cc43)ccc21.c1ccc(-c2cccc(-n3c4ccccc4c4ccc(-c5ccc6c7ccccc7n(-c7ccc8ccccc8c7)c6c5)cc43)c2)cc1. The Balaban J connectivity index is 0.000000136. The van der Waals surface area contributed by atoms with Gasteiger partial charge in [-0.25, -0.2) is 0 Å². The Kier molecular flexibility index (Phi) is 13.1. The van der Waals surface area contributed by atoms with Crippen molar-refractivity contribution >= 4 is 98.0 Å². The molecule has 4 heterocycles. The van der Waals surface area contributed by atoms with Crippen LogP contribution in [0.5, 0.6) is 0 Å². The van der Waals surface area contributed by atoms with Crippen LogP contribution < -0.4 is 0 Å². The second-order valence-electron chi connectivity index (χ2n) is 29.6. The van der Waals surface area contributed by atoms with Crippen LogP contribution >= 0.6 is 0 Å². The van der Waals surface area contributed by atoms with Crippen molar-refractivity contribution in [3.8, 4) is 78.4 Å². The van der Waals surface area contributed by atoms with E-state index >= 15 is 0 Å². The number of para-hydroxylation sites is 4. The Labute approximate surface area is 603 Å². The van der Waals surface area contributed by atoms with Crippen LogP contribution in [0.4, 0.5) is 0 Å². The number of nitrogens with zero attached hydrogens (tertiary/aromatic N) is 4. The summed E-state index contributed by atoms with van der Waals surface area (Å²) in [5.41, 5.74) is 32.6. The van der Waals surface area contributed by atoms with E-state index in [0.717, 1.165) is 5.69 Å². The first kappa shape index (κ1) is 59.8. The van der Waals surface area contributed by atoms with E-state index in [0.29, 0.717) is 0 Å². The first-order valence-electron chi connectivity index (χ1n) is 36.4. The Morgan fingerprint density at radius 1 is 0.173 bits per heavy atom. The van der Waals surface area contributed by atoms with Gasteiger partial charge in [0.15, 0.2) is 0 Å². The maximum atomic E-state index is 2.47. The lowest BCUT2D eigenvalue weighted by molar-refractivity contribution is 0.660. The van der Waals surface area contributed by atoms with Crippen molar-refractivity contribution in [3.05, 3.63) is 374 Å². The minimum absolute atomic E-state index is 0.0273. The van der Waals surface area contributed by atoms with Crippen molar-refractivity contribution in [2.24, 2.45) is 0 Å². The van der Waals surface area contributed by atoms with Crippen molar-refractivity contribution in [1.29, 1.82) is 0 Å². The summed E-state index contributed by atoms with van der Waals surface area (Å²) in [5.74, 6) is 0. The Hall–Kier alpha value is -13.0. The zero-order valence-corrected chi connectivity index (χ0v) is 58.3. The minimum Gasteiger partial charge on any atom is -0.309 e. The third kappa shape index (κ3) is 8.98. The second kappa shape index (κ2) is 22.7. The molecule has 22 rings (SSSR count). The maximum Gasteiger partial charge on any atom is 0.0547 e. The highest BCUT2D eigenvalue weighted by Crippen LogP contribution is 2.52. The van der Waals surface area contributed by atoms with Gasteiger partial charge in [0.2, 0.25) is 0 Å². The normalized spacial score (nSPS) is 13.3. The number of hydrogen-bond acceptors (Lipinski definition) is 0. The van der Waals surface area contributed by atoms with Gasteiger partial charge in [0.1, 0.15) is 0 Å². The van der Waals surface area contributed by atoms with Gasteiger partial charge in [-0.3, -0.25) is 0 Å². The number of benzene rings is 16. The lowest BCUT2D eigenvalue weighted by atomic mass is 9.82. The van der Waals surface area contributed by atoms with E-state index in [1.165, 1.54) is 193 Å². The molecule has 0 amide bonds. The van der Waals surface area contributed by atoms with Crippen molar-refractivity contribution in [2.45, 2.75) is 38.5 Å². The molecule has 490 valence electrons. The van der Waals surface area contributed by atoms with Gasteiger partial charge in [-0.05, 0) is 186 Å². The molecule has 2 aliphatic carbocycles. The van der Waals surface area contributed by atoms with Crippen molar-refractivity contribution < 1.29 is 0 Å². The zero-order valence-electron chi connectivity index (χ0n) is 58.3. The Morgan fingerprint density at radius 3 is 0.913 bits per heavy atom. The lowest BCUT2D eigenvalue weighted by Crippen LogP contribution is -2.14. The van der Waals surface area contributed by atoms with Gasteiger partial charge in [-0.1, -0.05) is 282 Å². The van der Waals surface area contributed by atoms with Crippen LogP contribution in [-0.2, 0) is 10.8 Å². The fourth-order valence-corrected chi connectivity index (χ4v) is 18.2. The van der Waals surface area contributed by atoms with Crippen LogP contribution in [0.25, 0.3) is 176 Å². The van der Waals surface area contributed by atoms with E-state index in [1.807, 2.05) is 0 Å². The number of hydrogen-bond donors (Lipinski definition) is 0. The van der Waals surface area contributed by atoms with Gasteiger partial charge < -0.3 is 18.3 Å². The zero-order chi connectivity index (χ0) is 69.1. The molecule has 16 aromatic carbocycles. The number of aromatic nitrogens is 4. The van der Waals surface area contributed by atoms with E-state index in [9.17, 15) is 0 Å². The summed E-state index contributed by atoms with van der Waals surface area (Å²) in [4.78, 5) is 0. The molecule has 0 radical (unpaired) electrons. The number of fused-ring (bicyclic) bond motifs is 19. The Bertz CT molecular complexity index is 6760. The van der Waals surface area contributed by atoms with Gasteiger partial charge in [-0.15, -0.1) is 0 Å². The number of rotatable bonds is 7. The summed E-state index contributed by atoms with van der Waals surface area (Å²) in [7, 11) is 0. The lowest BCUT2D eigenvalue weighted by Gasteiger charge is -2.21. The molecule has 2 aliphatic rings. The minimum atomic E-state index is -0.0273. The first-order valence-corrected chi connectivity index (χ1v) is 36.4. The molecule has 0 saturated carbocycles. The highest BCUT2D eigenvalue weighted by atomic mass is 15.0. The van der Waals surface area contributed by atoms with E-state index in [1.54, 1.807) is 0 Å². The summed E-state index contributed by atoms with van der Waals surface area (Å²) in [6.45, 7) is 9.41. The van der Waals surface area contributed by atoms with Gasteiger partial charge in [0.25, 0.3) is 0 Å². The second-order valence-corrected chi connectivity index (χ2v) is 29.6. The monoisotopic (exact) mass is 1330 g/mol. The molecule has 0 N–H and O–H groups in total. The largest absolute Gasteiger partial charge is 0.309 e. The molecular weight excluding hydrogens is 1260 g/mol. The molecule has 0 atom stereocenters. The topological polar surface area (TPSA) is 19.7 Å². The van der Waals surface area contributed by atoms with Crippen LogP contribution in [0.15, 0.2) is 352 Å². The van der Waals surface area contributed by atoms with E-state index in [2.05, 4.69) is 398 Å². The van der Waals surface area contributed by atoms with Gasteiger partial charge in [0.05, 0.1) is 44.1 Å². The summed E-state index contributed by atoms with van der Waals surface area (Å²) < 4.78 is 9.79. The molecule has 0 spiro atoms. The van der Waals surface area contributed by atoms with Crippen LogP contribution in [0.3, 0.4) is 0 Å². The molecule has 0 unspecified atom stereocenters. The van der Waals surface area contributed by atoms with Gasteiger partial charge in [0, 0.05) is 76.7 Å². The quantitative estimate of drug-likeness (QED) is 0.152. The molecule has 4 aromatic heterocycles. The third-order valence-corrected chi connectivity index (χ3v) is 23.2. The van der Waals surface area contributed by atoms with Gasteiger partial charge >= 0.3 is 0 Å². The molecule has 4 heteroatoms. The van der Waals surface area contributed by atoms with E-state index < -0.39 is 0 Å². The van der Waals surface area contributed by atoms with E-state index in [-0.39, 0.29) is 10.8 Å². The summed E-state index contributed by atoms with van der Waals surface area (Å²) >= 11 is 0. The van der Waals surface area contributed by atoms with Crippen molar-refractivity contribution in [1.82, 2.24) is 18.3 Å². The van der Waals surface area contributed by atoms with Crippen LogP contribution in [0, 0.1) is 0 Å². The smallest absolute Gasteiger partial charge is 0.0547 e. The fourth-order valence-electron chi connectivity index (χ4n) is 18.2. The molecule has 20 aromatic rings. The molecule has 4 nitrogen and oxygen atoms in total. The first-order chi connectivity index (χ1) is 51.1. The average molecular weight is 1330 g/mol. The predicted octanol–water partition coefficient (Wildman–Crippen LogP) is 26.5. The molecule has 0 fully saturated rings. The summed E-state index contributed by atoms with van der Waals surface area (Å²) in [6, 6.07) is 130. The highest BCUT2D eigenvalue weighted by Gasteiger charge is 2.37. The average Bonchev–Trinajstić information content (AvgIpc) is 1.55. The highest BCUT2D eigenvalue weighted by molar-refractivity contribution is 6.15. The standard InChI is InChI=1S/C54H40N2.C46H30N2/c1-53(2)45-17-9-5-13-37(45)43-31-35(23-27-47(43)53)55-49-19-11-7-15-39(49)41-25-21-33(29-51(41)55)34-22-26-42-40-16-8-12-20-50(40)56(52(42)30-34)36-24-28-48-44(32-36)38-14-6-10-18-46(38)54(48,3)4;1-2-11-31(12-3-1)34-15-10-16-37(27-34)47-43-19-8-6-17-39(43)41-25-22-35(29-45(41)47)36-23-26-42-40-18-7-9-20-44(40)48(46(42)30-36)38-24-21-32-13-4-5-14-33(32)28-38/h5-32H,1-4H3;1-30H. The van der Waals surface area contributed by atoms with Crippen LogP contribution in [0.2, 0.25) is 0 Å². The van der Waals surface area contributed by atoms with Gasteiger partial charge in [-0.2, -0.15) is 0 Å².